The molecule has 0 aliphatic carbocycles. The highest BCUT2D eigenvalue weighted by molar-refractivity contribution is 7.16. The van der Waals surface area contributed by atoms with Crippen LogP contribution in [0.4, 0.5) is 0 Å². The standard InChI is InChI=1S/C11H10N6O3S/c1-2-8-14-17-9(18)3-6(12-11(17)21-8)4-16-5-7(10(19)20)13-15-16/h3,5H,2,4H2,1H3,(H,19,20). The topological polar surface area (TPSA) is 115 Å². The molecule has 0 spiro atoms. The summed E-state index contributed by atoms with van der Waals surface area (Å²) in [6, 6.07) is 1.36. The maximum atomic E-state index is 12.0. The van der Waals surface area contributed by atoms with E-state index in [-0.39, 0.29) is 17.8 Å². The minimum absolute atomic E-state index is 0.154. The molecule has 3 aromatic heterocycles. The predicted octanol–water partition coefficient (Wildman–Crippen LogP) is 0.0514. The smallest absolute Gasteiger partial charge is 0.358 e. The first-order valence-corrected chi connectivity index (χ1v) is 6.90. The van der Waals surface area contributed by atoms with E-state index in [4.69, 9.17) is 5.11 Å². The van der Waals surface area contributed by atoms with Gasteiger partial charge in [-0.05, 0) is 6.42 Å². The van der Waals surface area contributed by atoms with Gasteiger partial charge in [0, 0.05) is 6.07 Å². The zero-order valence-electron chi connectivity index (χ0n) is 10.9. The second-order valence-corrected chi connectivity index (χ2v) is 5.28. The lowest BCUT2D eigenvalue weighted by Crippen LogP contribution is -2.17. The number of hydrogen-bond acceptors (Lipinski definition) is 7. The summed E-state index contributed by atoms with van der Waals surface area (Å²) in [6.45, 7) is 2.12. The minimum atomic E-state index is -1.15. The summed E-state index contributed by atoms with van der Waals surface area (Å²) in [6.07, 6.45) is 2.02. The van der Waals surface area contributed by atoms with Crippen LogP contribution >= 0.6 is 11.3 Å². The van der Waals surface area contributed by atoms with Gasteiger partial charge in [0.1, 0.15) is 5.01 Å². The molecule has 21 heavy (non-hydrogen) atoms. The van der Waals surface area contributed by atoms with Crippen molar-refractivity contribution in [1.29, 1.82) is 0 Å². The largest absolute Gasteiger partial charge is 0.476 e. The van der Waals surface area contributed by atoms with Crippen molar-refractivity contribution in [3.63, 3.8) is 0 Å². The molecule has 108 valence electrons. The molecule has 0 fully saturated rings. The highest BCUT2D eigenvalue weighted by atomic mass is 32.1. The summed E-state index contributed by atoms with van der Waals surface area (Å²) in [5.74, 6) is -1.15. The molecule has 0 radical (unpaired) electrons. The molecular formula is C11H10N6O3S. The number of carboxylic acids is 1. The average Bonchev–Trinajstić information content (AvgIpc) is 3.05. The summed E-state index contributed by atoms with van der Waals surface area (Å²) in [4.78, 5) is 27.5. The van der Waals surface area contributed by atoms with E-state index in [0.29, 0.717) is 10.7 Å². The molecule has 10 heteroatoms. The van der Waals surface area contributed by atoms with Gasteiger partial charge in [-0.15, -0.1) is 5.10 Å². The van der Waals surface area contributed by atoms with Crippen molar-refractivity contribution in [2.75, 3.05) is 0 Å². The zero-order valence-corrected chi connectivity index (χ0v) is 11.7. The first kappa shape index (κ1) is 13.4. The maximum Gasteiger partial charge on any atom is 0.358 e. The van der Waals surface area contributed by atoms with E-state index in [9.17, 15) is 9.59 Å². The van der Waals surface area contributed by atoms with Gasteiger partial charge in [0.05, 0.1) is 18.4 Å². The van der Waals surface area contributed by atoms with Gasteiger partial charge >= 0.3 is 5.97 Å². The summed E-state index contributed by atoms with van der Waals surface area (Å²) < 4.78 is 2.58. The highest BCUT2D eigenvalue weighted by Crippen LogP contribution is 2.12. The zero-order chi connectivity index (χ0) is 15.0. The van der Waals surface area contributed by atoms with Crippen LogP contribution in [0.2, 0.25) is 0 Å². The molecule has 0 atom stereocenters. The summed E-state index contributed by atoms with van der Waals surface area (Å²) in [5, 5.41) is 21.0. The molecule has 0 aliphatic rings. The first-order valence-electron chi connectivity index (χ1n) is 6.09. The number of aromatic nitrogens is 6. The van der Waals surface area contributed by atoms with Crippen molar-refractivity contribution in [1.82, 2.24) is 29.6 Å². The summed E-state index contributed by atoms with van der Waals surface area (Å²) in [7, 11) is 0. The molecule has 0 aliphatic heterocycles. The van der Waals surface area contributed by atoms with Gasteiger partial charge in [-0.2, -0.15) is 9.61 Å². The molecule has 3 aromatic rings. The van der Waals surface area contributed by atoms with Crippen molar-refractivity contribution in [3.05, 3.63) is 39.0 Å². The van der Waals surface area contributed by atoms with E-state index in [1.165, 1.54) is 32.8 Å². The Morgan fingerprint density at radius 1 is 1.48 bits per heavy atom. The van der Waals surface area contributed by atoms with Crippen molar-refractivity contribution >= 4 is 22.3 Å². The monoisotopic (exact) mass is 306 g/mol. The lowest BCUT2D eigenvalue weighted by Gasteiger charge is -1.99. The molecule has 0 unspecified atom stereocenters. The number of nitrogens with zero attached hydrogens (tertiary/aromatic N) is 6. The Kier molecular flexibility index (Phi) is 3.22. The summed E-state index contributed by atoms with van der Waals surface area (Å²) in [5.41, 5.74) is 0.0523. The van der Waals surface area contributed by atoms with Crippen LogP contribution in [-0.2, 0) is 13.0 Å². The van der Waals surface area contributed by atoms with Gasteiger partial charge in [-0.25, -0.2) is 14.5 Å². The van der Waals surface area contributed by atoms with Crippen LogP contribution in [-0.4, -0.2) is 40.7 Å². The average molecular weight is 306 g/mol. The van der Waals surface area contributed by atoms with Crippen LogP contribution < -0.4 is 5.56 Å². The van der Waals surface area contributed by atoms with Crippen LogP contribution in [0.3, 0.4) is 0 Å². The van der Waals surface area contributed by atoms with E-state index in [1.54, 1.807) is 0 Å². The van der Waals surface area contributed by atoms with Crippen LogP contribution in [0.5, 0.6) is 0 Å². The van der Waals surface area contributed by atoms with E-state index >= 15 is 0 Å². The second kappa shape index (κ2) is 5.05. The fourth-order valence-electron chi connectivity index (χ4n) is 1.76. The third-order valence-corrected chi connectivity index (χ3v) is 3.78. The van der Waals surface area contributed by atoms with E-state index in [1.807, 2.05) is 6.92 Å². The Labute approximate surface area is 121 Å². The third-order valence-electron chi connectivity index (χ3n) is 2.72. The van der Waals surface area contributed by atoms with Gasteiger partial charge in [0.15, 0.2) is 5.69 Å². The van der Waals surface area contributed by atoms with Crippen LogP contribution in [0.25, 0.3) is 4.96 Å². The third kappa shape index (κ3) is 2.52. The Bertz CT molecular complexity index is 880. The van der Waals surface area contributed by atoms with Crippen molar-refractivity contribution in [3.8, 4) is 0 Å². The molecule has 0 saturated heterocycles. The molecule has 3 rings (SSSR count). The molecule has 0 bridgehead atoms. The van der Waals surface area contributed by atoms with E-state index in [2.05, 4.69) is 20.4 Å². The normalized spacial score (nSPS) is 11.1. The Morgan fingerprint density at radius 3 is 2.95 bits per heavy atom. The van der Waals surface area contributed by atoms with E-state index < -0.39 is 5.97 Å². The SMILES string of the molecule is CCc1nn2c(=O)cc(Cn3cc(C(=O)O)nn3)nc2s1. The molecule has 9 nitrogen and oxygen atoms in total. The Balaban J connectivity index is 1.96. The predicted molar refractivity (Wildman–Crippen MR) is 72.6 cm³/mol. The van der Waals surface area contributed by atoms with Crippen LogP contribution in [0.1, 0.15) is 28.1 Å². The van der Waals surface area contributed by atoms with Gasteiger partial charge < -0.3 is 5.11 Å². The lowest BCUT2D eigenvalue weighted by atomic mass is 10.4. The number of carbonyl (C=O) groups is 1. The number of fused-ring (bicyclic) bond motifs is 1. The molecule has 1 N–H and O–H groups in total. The molecule has 0 aromatic carbocycles. The quantitative estimate of drug-likeness (QED) is 0.724. The Morgan fingerprint density at radius 2 is 2.29 bits per heavy atom. The maximum absolute atomic E-state index is 12.0. The fourth-order valence-corrected chi connectivity index (χ4v) is 2.62. The van der Waals surface area contributed by atoms with Gasteiger partial charge in [0.2, 0.25) is 4.96 Å². The van der Waals surface area contributed by atoms with Crippen molar-refractivity contribution in [2.24, 2.45) is 0 Å². The number of rotatable bonds is 4. The number of carboxylic acid groups (broad SMARTS) is 1. The lowest BCUT2D eigenvalue weighted by molar-refractivity contribution is 0.0690. The van der Waals surface area contributed by atoms with Crippen LogP contribution in [0, 0.1) is 0 Å². The Hall–Kier alpha value is -2.62. The highest BCUT2D eigenvalue weighted by Gasteiger charge is 2.11. The molecular weight excluding hydrogens is 296 g/mol. The van der Waals surface area contributed by atoms with Crippen molar-refractivity contribution < 1.29 is 9.90 Å². The number of hydrogen-bond donors (Lipinski definition) is 1. The minimum Gasteiger partial charge on any atom is -0.476 e. The van der Waals surface area contributed by atoms with Gasteiger partial charge in [-0.3, -0.25) is 4.79 Å². The van der Waals surface area contributed by atoms with E-state index in [0.717, 1.165) is 11.4 Å². The first-order chi connectivity index (χ1) is 10.1. The summed E-state index contributed by atoms with van der Waals surface area (Å²) >= 11 is 1.35. The van der Waals surface area contributed by atoms with Crippen LogP contribution in [0.15, 0.2) is 17.1 Å². The van der Waals surface area contributed by atoms with Gasteiger partial charge in [-0.1, -0.05) is 23.5 Å². The fraction of sp³-hybridized carbons (Fsp3) is 0.273. The van der Waals surface area contributed by atoms with Crippen molar-refractivity contribution in [2.45, 2.75) is 19.9 Å². The number of aromatic carboxylic acids is 1. The molecule has 0 saturated carbocycles. The molecule has 3 heterocycles. The molecule has 0 amide bonds. The number of aryl methyl sites for hydroxylation is 1. The second-order valence-electron chi connectivity index (χ2n) is 4.24. The van der Waals surface area contributed by atoms with Gasteiger partial charge in [0.25, 0.3) is 5.56 Å².